The van der Waals surface area contributed by atoms with Gasteiger partial charge in [0.15, 0.2) is 5.78 Å². The molecule has 1 aliphatic carbocycles. The zero-order valence-corrected chi connectivity index (χ0v) is 18.3. The summed E-state index contributed by atoms with van der Waals surface area (Å²) < 4.78 is 5.19. The Hall–Kier alpha value is -2.63. The van der Waals surface area contributed by atoms with Gasteiger partial charge in [0.1, 0.15) is 11.5 Å². The van der Waals surface area contributed by atoms with E-state index in [9.17, 15) is 14.7 Å². The highest BCUT2D eigenvalue weighted by molar-refractivity contribution is 6.30. The molecule has 0 fully saturated rings. The van der Waals surface area contributed by atoms with Crippen LogP contribution in [0.5, 0.6) is 5.75 Å². The van der Waals surface area contributed by atoms with E-state index < -0.39 is 17.4 Å². The van der Waals surface area contributed by atoms with E-state index in [4.69, 9.17) is 16.3 Å². The van der Waals surface area contributed by atoms with Crippen LogP contribution in [0.25, 0.3) is 0 Å². The van der Waals surface area contributed by atoms with Crippen LogP contribution in [0.2, 0.25) is 5.02 Å². The van der Waals surface area contributed by atoms with Gasteiger partial charge in [0.25, 0.3) is 0 Å². The number of Topliss-reactive ketones (excluding diaryl/α,β-unsaturated/α-hetero) is 2. The molecule has 0 amide bonds. The maximum absolute atomic E-state index is 12.8. The minimum atomic E-state index is -1.33. The number of anilines is 1. The Morgan fingerprint density at radius 1 is 1.10 bits per heavy atom. The highest BCUT2D eigenvalue weighted by Crippen LogP contribution is 2.47. The number of allylic oxidation sites excluding steroid dienone is 1. The second kappa shape index (κ2) is 8.62. The highest BCUT2D eigenvalue weighted by Gasteiger charge is 2.49. The first kappa shape index (κ1) is 22.1. The Bertz CT molecular complexity index is 977. The number of hydrogen-bond donors (Lipinski definition) is 2. The molecule has 2 N–H and O–H groups in total. The van der Waals surface area contributed by atoms with Crippen LogP contribution in [0, 0.1) is 5.92 Å². The third-order valence-corrected chi connectivity index (χ3v) is 5.86. The van der Waals surface area contributed by atoms with E-state index >= 15 is 0 Å². The van der Waals surface area contributed by atoms with Crippen LogP contribution >= 0.6 is 11.6 Å². The lowest BCUT2D eigenvalue weighted by Gasteiger charge is -2.43. The van der Waals surface area contributed by atoms with Crippen molar-refractivity contribution in [1.29, 1.82) is 0 Å². The third kappa shape index (κ3) is 4.42. The summed E-state index contributed by atoms with van der Waals surface area (Å²) in [6.45, 7) is 4.60. The van der Waals surface area contributed by atoms with E-state index in [-0.39, 0.29) is 18.0 Å². The number of carbonyl (C=O) groups is 2. The molecule has 0 radical (unpaired) electrons. The first-order chi connectivity index (χ1) is 14.1. The molecule has 3 rings (SSSR count). The number of methoxy groups -OCH3 is 1. The Morgan fingerprint density at radius 3 is 2.20 bits per heavy atom. The van der Waals surface area contributed by atoms with Crippen molar-refractivity contribution in [2.24, 2.45) is 5.92 Å². The molecule has 0 heterocycles. The summed E-state index contributed by atoms with van der Waals surface area (Å²) in [5.74, 6) is -0.927. The molecule has 2 aromatic carbocycles. The van der Waals surface area contributed by atoms with Gasteiger partial charge in [0.2, 0.25) is 0 Å². The summed E-state index contributed by atoms with van der Waals surface area (Å²) >= 11 is 6.05. The molecule has 0 bridgehead atoms. The predicted molar refractivity (Wildman–Crippen MR) is 118 cm³/mol. The molecule has 0 saturated carbocycles. The average molecular weight is 428 g/mol. The van der Waals surface area contributed by atoms with Crippen LogP contribution in [0.15, 0.2) is 59.8 Å². The number of benzene rings is 2. The van der Waals surface area contributed by atoms with E-state index in [2.05, 4.69) is 5.32 Å². The highest BCUT2D eigenvalue weighted by atomic mass is 35.5. The Balaban J connectivity index is 2.16. The number of nitrogens with one attached hydrogen (secondary N) is 1. The molecule has 6 heteroatoms. The number of rotatable bonds is 6. The van der Waals surface area contributed by atoms with Crippen molar-refractivity contribution in [2.45, 2.75) is 38.7 Å². The summed E-state index contributed by atoms with van der Waals surface area (Å²) in [7, 11) is 1.59. The quantitative estimate of drug-likeness (QED) is 0.695. The summed E-state index contributed by atoms with van der Waals surface area (Å²) in [4.78, 5) is 25.4. The van der Waals surface area contributed by atoms with E-state index in [1.165, 1.54) is 13.8 Å². The van der Waals surface area contributed by atoms with Gasteiger partial charge in [-0.1, -0.05) is 23.7 Å². The van der Waals surface area contributed by atoms with Gasteiger partial charge in [0.05, 0.1) is 18.6 Å². The fourth-order valence-corrected chi connectivity index (χ4v) is 4.50. The minimum absolute atomic E-state index is 0.146. The third-order valence-electron chi connectivity index (χ3n) is 5.61. The summed E-state index contributed by atoms with van der Waals surface area (Å²) in [5.41, 5.74) is 1.30. The van der Waals surface area contributed by atoms with Crippen molar-refractivity contribution >= 4 is 28.9 Å². The van der Waals surface area contributed by atoms with Gasteiger partial charge < -0.3 is 15.2 Å². The van der Waals surface area contributed by atoms with Crippen molar-refractivity contribution in [3.63, 3.8) is 0 Å². The van der Waals surface area contributed by atoms with Gasteiger partial charge in [-0.25, -0.2) is 0 Å². The Morgan fingerprint density at radius 2 is 1.70 bits per heavy atom. The van der Waals surface area contributed by atoms with E-state index in [1.54, 1.807) is 38.3 Å². The first-order valence-corrected chi connectivity index (χ1v) is 10.1. The van der Waals surface area contributed by atoms with Crippen molar-refractivity contribution < 1.29 is 19.4 Å². The van der Waals surface area contributed by atoms with E-state index in [0.29, 0.717) is 22.0 Å². The Kier molecular flexibility index (Phi) is 6.34. The topological polar surface area (TPSA) is 75.6 Å². The zero-order valence-electron chi connectivity index (χ0n) is 17.5. The number of aliphatic hydroxyl groups is 1. The van der Waals surface area contributed by atoms with Crippen molar-refractivity contribution in [3.05, 3.63) is 70.4 Å². The van der Waals surface area contributed by atoms with Gasteiger partial charge in [0, 0.05) is 34.3 Å². The largest absolute Gasteiger partial charge is 0.497 e. The van der Waals surface area contributed by atoms with Crippen LogP contribution in [0.4, 0.5) is 5.69 Å². The monoisotopic (exact) mass is 427 g/mol. The average Bonchev–Trinajstić information content (AvgIpc) is 2.67. The minimum Gasteiger partial charge on any atom is -0.497 e. The van der Waals surface area contributed by atoms with Gasteiger partial charge >= 0.3 is 0 Å². The van der Waals surface area contributed by atoms with Crippen LogP contribution in [0.1, 0.15) is 38.7 Å². The number of ether oxygens (including phenoxy) is 1. The lowest BCUT2D eigenvalue weighted by atomic mass is 9.64. The molecule has 3 atom stereocenters. The number of hydrogen-bond acceptors (Lipinski definition) is 5. The predicted octanol–water partition coefficient (Wildman–Crippen LogP) is 4.75. The molecular formula is C24H26ClNO4. The molecule has 0 spiro atoms. The SMILES string of the molecule is COc1ccc(NC2=C(C(C)=O)[C@H](c3ccc(Cl)cc3)[C@@H](C(C)=O)[C@@](C)(O)C2)cc1. The molecule has 1 aliphatic rings. The molecule has 5 nitrogen and oxygen atoms in total. The smallest absolute Gasteiger partial charge is 0.158 e. The molecular weight excluding hydrogens is 402 g/mol. The van der Waals surface area contributed by atoms with Crippen LogP contribution in [-0.2, 0) is 9.59 Å². The van der Waals surface area contributed by atoms with Crippen LogP contribution in [-0.4, -0.2) is 29.4 Å². The molecule has 0 aromatic heterocycles. The van der Waals surface area contributed by atoms with Gasteiger partial charge in [-0.3, -0.25) is 9.59 Å². The molecule has 0 saturated heterocycles. The molecule has 2 aromatic rings. The Labute approximate surface area is 181 Å². The molecule has 158 valence electrons. The maximum Gasteiger partial charge on any atom is 0.158 e. The van der Waals surface area contributed by atoms with Crippen molar-refractivity contribution in [2.75, 3.05) is 12.4 Å². The lowest BCUT2D eigenvalue weighted by molar-refractivity contribution is -0.131. The normalized spacial score (nSPS) is 23.8. The zero-order chi connectivity index (χ0) is 22.1. The molecule has 30 heavy (non-hydrogen) atoms. The maximum atomic E-state index is 12.8. The first-order valence-electron chi connectivity index (χ1n) is 9.77. The van der Waals surface area contributed by atoms with Crippen molar-refractivity contribution in [3.8, 4) is 5.75 Å². The summed E-state index contributed by atoms with van der Waals surface area (Å²) in [5, 5.41) is 15.1. The van der Waals surface area contributed by atoms with Gasteiger partial charge in [-0.15, -0.1) is 0 Å². The van der Waals surface area contributed by atoms with Gasteiger partial charge in [-0.05, 0) is 62.7 Å². The van der Waals surface area contributed by atoms with Crippen molar-refractivity contribution in [1.82, 2.24) is 0 Å². The lowest BCUT2D eigenvalue weighted by Crippen LogP contribution is -2.48. The second-order valence-electron chi connectivity index (χ2n) is 7.95. The summed E-state index contributed by atoms with van der Waals surface area (Å²) in [6.07, 6.45) is 0.155. The standard InChI is InChI=1S/C24H26ClNO4/c1-14(27)21-20(26-18-9-11-19(30-4)12-10-18)13-24(3,29)23(15(2)28)22(21)16-5-7-17(25)8-6-16/h5-12,22-23,26,29H,13H2,1-4H3/t22-,23+,24-/m0/s1. The number of carbonyl (C=O) groups excluding carboxylic acids is 2. The van der Waals surface area contributed by atoms with E-state index in [1.807, 2.05) is 24.3 Å². The summed E-state index contributed by atoms with van der Waals surface area (Å²) in [6, 6.07) is 14.4. The molecule has 0 aliphatic heterocycles. The van der Waals surface area contributed by atoms with E-state index in [0.717, 1.165) is 11.3 Å². The number of halogens is 1. The fourth-order valence-electron chi connectivity index (χ4n) is 4.37. The van der Waals surface area contributed by atoms with Crippen LogP contribution < -0.4 is 10.1 Å². The fraction of sp³-hybridized carbons (Fsp3) is 0.333. The second-order valence-corrected chi connectivity index (χ2v) is 8.39. The van der Waals surface area contributed by atoms with Gasteiger partial charge in [-0.2, -0.15) is 0 Å². The number of ketones is 2. The molecule has 0 unspecified atom stereocenters. The van der Waals surface area contributed by atoms with Crippen LogP contribution in [0.3, 0.4) is 0 Å².